The lowest BCUT2D eigenvalue weighted by Crippen LogP contribution is -2.13. The second-order valence-corrected chi connectivity index (χ2v) is 12.9. The SMILES string of the molecule is C=C/C=C\N(C)P(Oc1cccc2c1Oc1c(OP(n3cccc3)n3cccc3)cccc1S2)n1cccc1. The minimum Gasteiger partial charge on any atom is -0.447 e. The van der Waals surface area contributed by atoms with Crippen molar-refractivity contribution in [2.45, 2.75) is 9.79 Å². The Morgan fingerprint density at radius 1 is 0.744 bits per heavy atom. The summed E-state index contributed by atoms with van der Waals surface area (Å²) in [6, 6.07) is 24.0. The Labute approximate surface area is 234 Å². The first-order valence-electron chi connectivity index (χ1n) is 12.2. The Kier molecular flexibility index (Phi) is 7.51. The molecule has 0 spiro atoms. The highest BCUT2D eigenvalue weighted by Crippen LogP contribution is 2.57. The number of ether oxygens (including phenoxy) is 1. The van der Waals surface area contributed by atoms with Crippen LogP contribution in [0.25, 0.3) is 0 Å². The smallest absolute Gasteiger partial charge is 0.317 e. The van der Waals surface area contributed by atoms with Gasteiger partial charge in [-0.3, -0.25) is 13.0 Å². The van der Waals surface area contributed by atoms with Crippen molar-refractivity contribution < 1.29 is 13.8 Å². The normalized spacial score (nSPS) is 13.0. The van der Waals surface area contributed by atoms with Gasteiger partial charge in [-0.1, -0.05) is 36.5 Å². The predicted octanol–water partition coefficient (Wildman–Crippen LogP) is 8.84. The summed E-state index contributed by atoms with van der Waals surface area (Å²) in [6.45, 7) is 3.79. The number of benzene rings is 2. The number of aromatic nitrogens is 3. The lowest BCUT2D eigenvalue weighted by atomic mass is 10.3. The third-order valence-corrected chi connectivity index (χ3v) is 10.2. The van der Waals surface area contributed by atoms with E-state index in [1.54, 1.807) is 17.8 Å². The molecule has 39 heavy (non-hydrogen) atoms. The van der Waals surface area contributed by atoms with E-state index < -0.39 is 16.9 Å². The van der Waals surface area contributed by atoms with Gasteiger partial charge < -0.3 is 18.5 Å². The Morgan fingerprint density at radius 3 is 1.79 bits per heavy atom. The maximum absolute atomic E-state index is 6.66. The number of allylic oxidation sites excluding steroid dienone is 2. The first-order valence-corrected chi connectivity index (χ1v) is 15.4. The van der Waals surface area contributed by atoms with Gasteiger partial charge in [0.05, 0.1) is 9.79 Å². The van der Waals surface area contributed by atoms with E-state index in [2.05, 4.69) is 31.7 Å². The fourth-order valence-corrected chi connectivity index (χ4v) is 7.90. The largest absolute Gasteiger partial charge is 0.447 e. The van der Waals surface area contributed by atoms with Gasteiger partial charge in [0, 0.05) is 50.4 Å². The zero-order valence-corrected chi connectivity index (χ0v) is 23.8. The van der Waals surface area contributed by atoms with Crippen LogP contribution in [0.15, 0.2) is 145 Å². The predicted molar refractivity (Wildman–Crippen MR) is 159 cm³/mol. The van der Waals surface area contributed by atoms with Gasteiger partial charge in [0.25, 0.3) is 0 Å². The molecule has 6 rings (SSSR count). The average Bonchev–Trinajstić information content (AvgIpc) is 3.76. The Hall–Kier alpha value is -3.83. The molecule has 1 atom stereocenters. The van der Waals surface area contributed by atoms with Gasteiger partial charge in [0.15, 0.2) is 23.0 Å². The number of rotatable bonds is 10. The number of fused-ring (bicyclic) bond motifs is 2. The molecule has 0 radical (unpaired) electrons. The van der Waals surface area contributed by atoms with Crippen molar-refractivity contribution in [1.82, 2.24) is 17.7 Å². The van der Waals surface area contributed by atoms with Crippen LogP contribution in [0.3, 0.4) is 0 Å². The Morgan fingerprint density at radius 2 is 1.26 bits per heavy atom. The molecule has 0 N–H and O–H groups in total. The molecular weight excluding hydrogens is 546 g/mol. The highest BCUT2D eigenvalue weighted by Gasteiger charge is 2.29. The molecule has 0 saturated heterocycles. The van der Waals surface area contributed by atoms with E-state index in [-0.39, 0.29) is 0 Å². The van der Waals surface area contributed by atoms with E-state index >= 15 is 0 Å². The van der Waals surface area contributed by atoms with Gasteiger partial charge >= 0.3 is 16.9 Å². The second-order valence-electron chi connectivity index (χ2n) is 8.40. The van der Waals surface area contributed by atoms with E-state index in [0.717, 1.165) is 9.79 Å². The fraction of sp³-hybridized carbons (Fsp3) is 0.0345. The van der Waals surface area contributed by atoms with Crippen molar-refractivity contribution in [1.29, 1.82) is 0 Å². The van der Waals surface area contributed by atoms with Crippen molar-refractivity contribution in [3.05, 3.63) is 135 Å². The molecule has 10 heteroatoms. The molecule has 2 aromatic carbocycles. The van der Waals surface area contributed by atoms with Gasteiger partial charge in [-0.15, -0.1) is 0 Å². The highest BCUT2D eigenvalue weighted by molar-refractivity contribution is 7.99. The first-order chi connectivity index (χ1) is 19.2. The van der Waals surface area contributed by atoms with E-state index in [0.29, 0.717) is 23.0 Å². The van der Waals surface area contributed by atoms with Crippen molar-refractivity contribution in [2.75, 3.05) is 7.05 Å². The number of hydrogen-bond donors (Lipinski definition) is 0. The molecule has 4 heterocycles. The molecule has 196 valence electrons. The van der Waals surface area contributed by atoms with Crippen LogP contribution >= 0.6 is 28.7 Å². The number of hydrogen-bond acceptors (Lipinski definition) is 5. The summed E-state index contributed by atoms with van der Waals surface area (Å²) in [5, 5.41) is 0. The summed E-state index contributed by atoms with van der Waals surface area (Å²) in [7, 11) is -0.448. The summed E-state index contributed by atoms with van der Waals surface area (Å²) < 4.78 is 28.2. The maximum Gasteiger partial charge on any atom is 0.317 e. The summed E-state index contributed by atoms with van der Waals surface area (Å²) in [4.78, 5) is 1.98. The van der Waals surface area contributed by atoms with Crippen LogP contribution in [0.1, 0.15) is 0 Å². The van der Waals surface area contributed by atoms with Crippen LogP contribution in [-0.2, 0) is 0 Å². The van der Waals surface area contributed by atoms with Crippen LogP contribution < -0.4 is 13.8 Å². The van der Waals surface area contributed by atoms with Gasteiger partial charge in [-0.05, 0) is 66.7 Å². The molecule has 1 aliphatic rings. The van der Waals surface area contributed by atoms with Crippen molar-refractivity contribution in [3.8, 4) is 23.0 Å². The maximum atomic E-state index is 6.66. The lowest BCUT2D eigenvalue weighted by Gasteiger charge is -2.29. The summed E-state index contributed by atoms with van der Waals surface area (Å²) in [5.41, 5.74) is 0. The molecule has 0 bridgehead atoms. The minimum atomic E-state index is -1.23. The average molecular weight is 573 g/mol. The van der Waals surface area contributed by atoms with E-state index in [4.69, 9.17) is 13.8 Å². The van der Waals surface area contributed by atoms with Gasteiger partial charge in [-0.25, -0.2) is 0 Å². The molecule has 0 amide bonds. The molecule has 0 saturated carbocycles. The molecular formula is C29H26N4O3P2S. The third kappa shape index (κ3) is 5.37. The topological polar surface area (TPSA) is 45.7 Å². The lowest BCUT2D eigenvalue weighted by molar-refractivity contribution is 0.407. The quantitative estimate of drug-likeness (QED) is 0.121. The van der Waals surface area contributed by atoms with Gasteiger partial charge in [0.1, 0.15) is 0 Å². The van der Waals surface area contributed by atoms with Crippen LogP contribution in [-0.4, -0.2) is 24.7 Å². The first kappa shape index (κ1) is 25.4. The van der Waals surface area contributed by atoms with E-state index in [1.807, 2.05) is 122 Å². The minimum absolute atomic E-state index is 0.664. The van der Waals surface area contributed by atoms with E-state index in [9.17, 15) is 0 Å². The Bertz CT molecular complexity index is 1540. The zero-order chi connectivity index (χ0) is 26.6. The standard InChI is InChI=1S/C29H26N4O3P2S/c1-3-4-17-30(2)37(31-18-5-6-19-31)35-24-13-11-15-26-28(24)34-29-25(14-12-16-27(29)39-26)36-38(32-20-7-8-21-32)33-22-9-10-23-33/h3-23H,1H2,2H3/b17-4-. The van der Waals surface area contributed by atoms with Crippen LogP contribution in [0, 0.1) is 0 Å². The summed E-state index contributed by atoms with van der Waals surface area (Å²) in [5.74, 6) is 2.70. The monoisotopic (exact) mass is 572 g/mol. The van der Waals surface area contributed by atoms with Crippen LogP contribution in [0.2, 0.25) is 0 Å². The fourth-order valence-electron chi connectivity index (χ4n) is 3.94. The van der Waals surface area contributed by atoms with Crippen LogP contribution in [0.5, 0.6) is 23.0 Å². The van der Waals surface area contributed by atoms with Crippen molar-refractivity contribution >= 4 is 28.7 Å². The van der Waals surface area contributed by atoms with Crippen molar-refractivity contribution in [2.24, 2.45) is 0 Å². The third-order valence-electron chi connectivity index (χ3n) is 5.74. The molecule has 0 fully saturated rings. The molecule has 3 aromatic heterocycles. The Balaban J connectivity index is 1.33. The van der Waals surface area contributed by atoms with E-state index in [1.165, 1.54) is 0 Å². The van der Waals surface area contributed by atoms with Crippen molar-refractivity contribution in [3.63, 3.8) is 0 Å². The second kappa shape index (κ2) is 11.5. The molecule has 0 aliphatic carbocycles. The summed E-state index contributed by atoms with van der Waals surface area (Å²) in [6.07, 6.45) is 17.6. The van der Waals surface area contributed by atoms with Crippen LogP contribution in [0.4, 0.5) is 0 Å². The van der Waals surface area contributed by atoms with Gasteiger partial charge in [0.2, 0.25) is 0 Å². The highest BCUT2D eigenvalue weighted by atomic mass is 32.2. The zero-order valence-electron chi connectivity index (χ0n) is 21.1. The number of nitrogens with zero attached hydrogens (tertiary/aromatic N) is 4. The number of para-hydroxylation sites is 2. The van der Waals surface area contributed by atoms with Gasteiger partial charge in [-0.2, -0.15) is 0 Å². The summed E-state index contributed by atoms with van der Waals surface area (Å²) >= 11 is 1.65. The molecule has 1 aliphatic heterocycles. The molecule has 5 aromatic rings. The molecule has 7 nitrogen and oxygen atoms in total. The molecule has 1 unspecified atom stereocenters.